The van der Waals surface area contributed by atoms with E-state index >= 15 is 0 Å². The van der Waals surface area contributed by atoms with E-state index < -0.39 is 0 Å². The first-order valence-corrected chi connectivity index (χ1v) is 4.75. The van der Waals surface area contributed by atoms with Gasteiger partial charge in [0.25, 0.3) is 0 Å². The van der Waals surface area contributed by atoms with Crippen LogP contribution in [0.2, 0.25) is 0 Å². The van der Waals surface area contributed by atoms with Gasteiger partial charge in [-0.15, -0.1) is 0 Å². The van der Waals surface area contributed by atoms with Crippen LogP contribution in [0.25, 0.3) is 0 Å². The molecule has 0 radical (unpaired) electrons. The van der Waals surface area contributed by atoms with Gasteiger partial charge < -0.3 is 10.4 Å². The van der Waals surface area contributed by atoms with Gasteiger partial charge in [-0.2, -0.15) is 0 Å². The van der Waals surface area contributed by atoms with Crippen LogP contribution in [-0.2, 0) is 6.42 Å². The molecule has 0 aliphatic rings. The van der Waals surface area contributed by atoms with Gasteiger partial charge in [0.05, 0.1) is 0 Å². The van der Waals surface area contributed by atoms with Crippen LogP contribution in [-0.4, -0.2) is 18.7 Å². The highest BCUT2D eigenvalue weighted by molar-refractivity contribution is 5.25. The second kappa shape index (κ2) is 7.62. The van der Waals surface area contributed by atoms with E-state index in [9.17, 15) is 0 Å². The van der Waals surface area contributed by atoms with Gasteiger partial charge in [0, 0.05) is 0 Å². The predicted molar refractivity (Wildman–Crippen MR) is 57.1 cm³/mol. The van der Waals surface area contributed by atoms with Crippen molar-refractivity contribution >= 4 is 0 Å². The first-order chi connectivity index (χ1) is 6.33. The highest BCUT2D eigenvalue weighted by Crippen LogP contribution is 2.09. The molecule has 74 valence electrons. The van der Waals surface area contributed by atoms with Crippen molar-refractivity contribution in [1.82, 2.24) is 5.32 Å². The fourth-order valence-corrected chi connectivity index (χ4v) is 0.932. The molecule has 1 rings (SSSR count). The Morgan fingerprint density at radius 2 is 1.69 bits per heavy atom. The molecule has 0 aromatic heterocycles. The molecular weight excluding hydrogens is 162 g/mol. The monoisotopic (exact) mass is 181 g/mol. The molecule has 0 bridgehead atoms. The summed E-state index contributed by atoms with van der Waals surface area (Å²) in [6.07, 6.45) is 1.01. The first-order valence-electron chi connectivity index (χ1n) is 4.75. The lowest BCUT2D eigenvalue weighted by atomic mass is 10.1. The summed E-state index contributed by atoms with van der Waals surface area (Å²) >= 11 is 0. The van der Waals surface area contributed by atoms with Crippen LogP contribution in [0.15, 0.2) is 24.3 Å². The number of hydrogen-bond donors (Lipinski definition) is 2. The molecule has 0 saturated carbocycles. The summed E-state index contributed by atoms with van der Waals surface area (Å²) in [5, 5.41) is 12.0. The topological polar surface area (TPSA) is 32.3 Å². The Morgan fingerprint density at radius 1 is 1.15 bits per heavy atom. The largest absolute Gasteiger partial charge is 0.508 e. The molecule has 1 aromatic carbocycles. The molecular formula is C11H19NO. The summed E-state index contributed by atoms with van der Waals surface area (Å²) in [4.78, 5) is 0. The molecule has 0 aliphatic carbocycles. The summed E-state index contributed by atoms with van der Waals surface area (Å²) in [5.74, 6) is 0.332. The van der Waals surface area contributed by atoms with E-state index in [0.29, 0.717) is 5.75 Å². The van der Waals surface area contributed by atoms with Gasteiger partial charge in [0.2, 0.25) is 0 Å². The molecule has 1 aromatic rings. The van der Waals surface area contributed by atoms with Gasteiger partial charge >= 0.3 is 0 Å². The second-order valence-corrected chi connectivity index (χ2v) is 2.52. The minimum Gasteiger partial charge on any atom is -0.508 e. The Hall–Kier alpha value is -1.02. The van der Waals surface area contributed by atoms with Gasteiger partial charge in [0.15, 0.2) is 0 Å². The van der Waals surface area contributed by atoms with E-state index in [-0.39, 0.29) is 0 Å². The predicted octanol–water partition coefficient (Wildman–Crippen LogP) is 2.18. The van der Waals surface area contributed by atoms with Crippen molar-refractivity contribution in [2.45, 2.75) is 20.3 Å². The zero-order chi connectivity index (χ0) is 10.1. The fraction of sp³-hybridized carbons (Fsp3) is 0.455. The van der Waals surface area contributed by atoms with E-state index in [2.05, 4.69) is 5.32 Å². The third kappa shape index (κ3) is 5.26. The number of rotatable bonds is 3. The maximum Gasteiger partial charge on any atom is 0.115 e. The highest BCUT2D eigenvalue weighted by Gasteiger charge is 1.90. The van der Waals surface area contributed by atoms with E-state index in [0.717, 1.165) is 13.0 Å². The lowest BCUT2D eigenvalue weighted by molar-refractivity contribution is 0.475. The minimum atomic E-state index is 0.332. The lowest BCUT2D eigenvalue weighted by Gasteiger charge is -1.99. The van der Waals surface area contributed by atoms with Gasteiger partial charge in [0.1, 0.15) is 5.75 Å². The Balaban J connectivity index is 0.000000671. The highest BCUT2D eigenvalue weighted by atomic mass is 16.3. The molecule has 2 nitrogen and oxygen atoms in total. The Labute approximate surface area is 80.6 Å². The third-order valence-electron chi connectivity index (χ3n) is 1.60. The van der Waals surface area contributed by atoms with Crippen molar-refractivity contribution in [2.75, 3.05) is 13.6 Å². The van der Waals surface area contributed by atoms with Crippen LogP contribution in [0.5, 0.6) is 5.75 Å². The SMILES string of the molecule is CC.CNCCc1ccc(O)cc1. The quantitative estimate of drug-likeness (QED) is 0.749. The molecule has 0 spiro atoms. The molecule has 0 fully saturated rings. The van der Waals surface area contributed by atoms with Gasteiger partial charge in [-0.05, 0) is 37.7 Å². The van der Waals surface area contributed by atoms with E-state index in [1.54, 1.807) is 12.1 Å². The molecule has 0 aliphatic heterocycles. The molecule has 0 saturated heterocycles. The van der Waals surface area contributed by atoms with Crippen LogP contribution >= 0.6 is 0 Å². The number of phenols is 1. The Morgan fingerprint density at radius 3 is 2.15 bits per heavy atom. The smallest absolute Gasteiger partial charge is 0.115 e. The zero-order valence-corrected chi connectivity index (χ0v) is 8.67. The van der Waals surface area contributed by atoms with Crippen molar-refractivity contribution in [3.8, 4) is 5.75 Å². The molecule has 0 unspecified atom stereocenters. The van der Waals surface area contributed by atoms with Gasteiger partial charge in [-0.3, -0.25) is 0 Å². The van der Waals surface area contributed by atoms with Crippen LogP contribution in [0.1, 0.15) is 19.4 Å². The van der Waals surface area contributed by atoms with E-state index in [1.807, 2.05) is 33.0 Å². The third-order valence-corrected chi connectivity index (χ3v) is 1.60. The van der Waals surface area contributed by atoms with Crippen molar-refractivity contribution in [3.63, 3.8) is 0 Å². The molecule has 0 amide bonds. The average molecular weight is 181 g/mol. The summed E-state index contributed by atoms with van der Waals surface area (Å²) in [7, 11) is 1.93. The number of nitrogens with one attached hydrogen (secondary N) is 1. The second-order valence-electron chi connectivity index (χ2n) is 2.52. The normalized spacial score (nSPS) is 8.85. The molecule has 13 heavy (non-hydrogen) atoms. The summed E-state index contributed by atoms with van der Waals surface area (Å²) in [5.41, 5.74) is 1.25. The van der Waals surface area contributed by atoms with E-state index in [4.69, 9.17) is 5.11 Å². The standard InChI is InChI=1S/C9H13NO.C2H6/c1-10-7-6-8-2-4-9(11)5-3-8;1-2/h2-5,10-11H,6-7H2,1H3;1-2H3. The maximum absolute atomic E-state index is 8.97. The first kappa shape index (κ1) is 12.0. The van der Waals surface area contributed by atoms with E-state index in [1.165, 1.54) is 5.56 Å². The molecule has 2 N–H and O–H groups in total. The van der Waals surface area contributed by atoms with Crippen molar-refractivity contribution in [3.05, 3.63) is 29.8 Å². The maximum atomic E-state index is 8.97. The average Bonchev–Trinajstić information content (AvgIpc) is 2.20. The Bertz CT molecular complexity index is 206. The van der Waals surface area contributed by atoms with Crippen LogP contribution in [0.3, 0.4) is 0 Å². The number of benzene rings is 1. The van der Waals surface area contributed by atoms with Crippen LogP contribution in [0.4, 0.5) is 0 Å². The van der Waals surface area contributed by atoms with Gasteiger partial charge in [-0.25, -0.2) is 0 Å². The molecule has 0 atom stereocenters. The zero-order valence-electron chi connectivity index (χ0n) is 8.67. The van der Waals surface area contributed by atoms with Gasteiger partial charge in [-0.1, -0.05) is 26.0 Å². The number of phenolic OH excluding ortho intramolecular Hbond substituents is 1. The molecule has 0 heterocycles. The molecule has 2 heteroatoms. The number of hydrogen-bond acceptors (Lipinski definition) is 2. The minimum absolute atomic E-state index is 0.332. The summed E-state index contributed by atoms with van der Waals surface area (Å²) < 4.78 is 0. The fourth-order valence-electron chi connectivity index (χ4n) is 0.932. The van der Waals surface area contributed by atoms with Crippen LogP contribution < -0.4 is 5.32 Å². The lowest BCUT2D eigenvalue weighted by Crippen LogP contribution is -2.09. The van der Waals surface area contributed by atoms with Crippen molar-refractivity contribution in [2.24, 2.45) is 0 Å². The number of likely N-dealkylation sites (N-methyl/N-ethyl adjacent to an activating group) is 1. The van der Waals surface area contributed by atoms with Crippen LogP contribution in [0, 0.1) is 0 Å². The van der Waals surface area contributed by atoms with Crippen molar-refractivity contribution < 1.29 is 5.11 Å². The number of aromatic hydroxyl groups is 1. The van der Waals surface area contributed by atoms with Crippen molar-refractivity contribution in [1.29, 1.82) is 0 Å². The summed E-state index contributed by atoms with van der Waals surface area (Å²) in [6, 6.07) is 7.30. The summed E-state index contributed by atoms with van der Waals surface area (Å²) in [6.45, 7) is 4.98. The Kier molecular flexibility index (Phi) is 7.02.